The van der Waals surface area contributed by atoms with Gasteiger partial charge in [-0.25, -0.2) is 0 Å². The highest BCUT2D eigenvalue weighted by Gasteiger charge is 2.45. The number of methoxy groups -OCH3 is 10. The molecule has 10 heterocycles. The summed E-state index contributed by atoms with van der Waals surface area (Å²) in [5, 5.41) is 55.3. The number of hydrogen-bond acceptors (Lipinski definition) is 20. The minimum absolute atomic E-state index is 0.0320. The van der Waals surface area contributed by atoms with E-state index < -0.39 is 314 Å². The SMILES string of the molecule is [2H]C([2H])([2H])Oc1cc2c(cc1OC)C([2H])([2H])C([2H])([2H])N1C2C([2H])([2H])C([2H])(O)C([2H])(CC(C)C)C1([2H])[2H].[2H]C([2H])([2H])Oc1cc2c(cc1OC)C([2H])([2H])C([2H])([2H])N1C2CC(O)C(C([2H])([2H])C([2H])(C)C([2H])([2H])[2H])C1([2H])[2H].[2H]C([2H])([2H])Oc1cc2c(cc1OC)C([2H])([2H])C([2H])([2H])N1C2CC(O)C(CC(C)C)C1([2H])[2H].[2H]C1([2H])C(C([2H])([2H])C([2H])(C)C([2H])([2H])[2H])C(O)CC2c3cc(OC)c(OC)cc3C([2H])([2H])C([2H])([2H])N21.[2H]C1([2H])c2cc(OC)c(OC)cc2C2N(C1([2H])[2H])C([2H])([2H])C([2H])(CC(C)C)C([2H])(O)C2([2H])[2H]. The molecule has 0 spiro atoms. The predicted octanol–water partition coefficient (Wildman–Crippen LogP) is 15.1. The summed E-state index contributed by atoms with van der Waals surface area (Å²) in [6.07, 6.45) is -40.6. The summed E-state index contributed by atoms with van der Waals surface area (Å²) in [4.78, 5) is 2.38. The van der Waals surface area contributed by atoms with E-state index in [1.54, 1.807) is 27.7 Å². The zero-order valence-corrected chi connectivity index (χ0v) is 66.7. The van der Waals surface area contributed by atoms with Gasteiger partial charge in [0.2, 0.25) is 0 Å². The third-order valence-corrected chi connectivity index (χ3v) is 19.9. The molecule has 15 rings (SSSR count). The lowest BCUT2D eigenvalue weighted by Gasteiger charge is -2.46. The van der Waals surface area contributed by atoms with Gasteiger partial charge >= 0.3 is 0 Å². The number of benzene rings is 5. The molecule has 17 unspecified atom stereocenters. The minimum Gasteiger partial charge on any atom is -0.493 e. The molecule has 640 valence electrons. The first-order chi connectivity index (χ1) is 77.5. The number of piperidine rings is 5. The molecule has 20 nitrogen and oxygen atoms in total. The molecule has 0 amide bonds. The number of hydrogen-bond donors (Lipinski definition) is 5. The van der Waals surface area contributed by atoms with Crippen molar-refractivity contribution in [3.8, 4) is 57.5 Å². The molecular weight excluding hydrogens is 1450 g/mol. The summed E-state index contributed by atoms with van der Waals surface area (Å²) in [7, 11) is 0.0218. The van der Waals surface area contributed by atoms with Crippen LogP contribution in [-0.2, 0) is 31.9 Å². The molecule has 115 heavy (non-hydrogen) atoms. The highest BCUT2D eigenvalue weighted by Crippen LogP contribution is 2.50. The number of aryl methyl sites for hydroxylation is 5. The van der Waals surface area contributed by atoms with E-state index in [0.717, 1.165) is 63.3 Å². The Morgan fingerprint density at radius 3 is 0.861 bits per heavy atom. The van der Waals surface area contributed by atoms with Crippen LogP contribution in [0.25, 0.3) is 0 Å². The predicted molar refractivity (Wildman–Crippen MR) is 456 cm³/mol. The maximum atomic E-state index is 11.2. The lowest BCUT2D eigenvalue weighted by atomic mass is 9.79. The first kappa shape index (κ1) is 39.9. The molecule has 0 bridgehead atoms. The lowest BCUT2D eigenvalue weighted by molar-refractivity contribution is -0.0192. The molecule has 5 fully saturated rings. The summed E-state index contributed by atoms with van der Waals surface area (Å²) in [5.41, 5.74) is -1.86. The van der Waals surface area contributed by atoms with Gasteiger partial charge in [-0.1, -0.05) is 69.1 Å². The molecule has 10 aliphatic rings. The van der Waals surface area contributed by atoms with E-state index in [-0.39, 0.29) is 113 Å². The zero-order valence-electron chi connectivity index (χ0n) is 126. The van der Waals surface area contributed by atoms with Crippen LogP contribution in [0.5, 0.6) is 57.5 Å². The Morgan fingerprint density at radius 1 is 0.357 bits per heavy atom. The van der Waals surface area contributed by atoms with Crippen LogP contribution in [0, 0.1) is 59.1 Å². The lowest BCUT2D eigenvalue weighted by Crippen LogP contribution is -2.48. The van der Waals surface area contributed by atoms with E-state index in [1.165, 1.54) is 65.9 Å². The fourth-order valence-corrected chi connectivity index (χ4v) is 14.5. The van der Waals surface area contributed by atoms with E-state index in [4.69, 9.17) is 128 Å². The van der Waals surface area contributed by atoms with E-state index in [9.17, 15) is 25.5 Å². The Bertz CT molecular complexity index is 6760. The third kappa shape index (κ3) is 21.1. The van der Waals surface area contributed by atoms with Gasteiger partial charge in [-0.05, 0) is 271 Å². The van der Waals surface area contributed by atoms with Crippen molar-refractivity contribution in [2.75, 3.05) is 136 Å². The van der Waals surface area contributed by atoms with E-state index in [1.807, 2.05) is 13.8 Å². The topological polar surface area (TPSA) is 210 Å². The van der Waals surface area contributed by atoms with Gasteiger partial charge in [-0.2, -0.15) is 0 Å². The largest absolute Gasteiger partial charge is 0.493 e. The molecule has 0 aromatic heterocycles. The van der Waals surface area contributed by atoms with Gasteiger partial charge in [0.15, 0.2) is 57.5 Å². The maximum absolute atomic E-state index is 11.2. The summed E-state index contributed by atoms with van der Waals surface area (Å²) in [6, 6.07) is 3.53. The Hall–Kier alpha value is -6.30. The molecule has 5 saturated heterocycles. The van der Waals surface area contributed by atoms with Gasteiger partial charge in [-0.3, -0.25) is 24.5 Å². The quantitative estimate of drug-likeness (QED) is 0.0491. The summed E-state index contributed by atoms with van der Waals surface area (Å²) in [6.45, 7) is -25.5. The monoisotopic (exact) mass is 1660 g/mol. The molecule has 0 saturated carbocycles. The number of rotatable bonds is 20. The molecular formula is C95H145N5O15. The molecule has 0 aliphatic carbocycles. The van der Waals surface area contributed by atoms with Crippen molar-refractivity contribution in [2.45, 2.75) is 226 Å². The van der Waals surface area contributed by atoms with Crippen molar-refractivity contribution in [1.82, 2.24) is 24.5 Å². The normalized spacial score (nSPS) is 46.9. The zero-order chi connectivity index (χ0) is 135. The fraction of sp³-hybridized carbons (Fsp3) is 0.684. The van der Waals surface area contributed by atoms with Crippen molar-refractivity contribution >= 4 is 0 Å². The van der Waals surface area contributed by atoms with Crippen molar-refractivity contribution < 1.29 is 154 Å². The van der Waals surface area contributed by atoms with Crippen LogP contribution in [0.1, 0.15) is 300 Å². The van der Waals surface area contributed by atoms with Crippen molar-refractivity contribution in [2.24, 2.45) is 59.1 Å². The summed E-state index contributed by atoms with van der Waals surface area (Å²) < 4.78 is 545. The van der Waals surface area contributed by atoms with Gasteiger partial charge < -0.3 is 72.9 Å². The van der Waals surface area contributed by atoms with Crippen molar-refractivity contribution in [3.63, 3.8) is 0 Å². The minimum atomic E-state index is -3.45. The Kier molecular flexibility index (Phi) is 14.1. The Labute approximate surface area is 772 Å². The number of fused-ring (bicyclic) bond motifs is 15. The molecule has 20 heteroatoms. The highest BCUT2D eigenvalue weighted by atomic mass is 16.5. The van der Waals surface area contributed by atoms with Gasteiger partial charge in [-0.15, -0.1) is 0 Å². The van der Waals surface area contributed by atoms with E-state index >= 15 is 0 Å². The van der Waals surface area contributed by atoms with Gasteiger partial charge in [0.05, 0.1) is 116 Å². The van der Waals surface area contributed by atoms with Gasteiger partial charge in [0.1, 0.15) is 0 Å². The molecule has 10 aliphatic heterocycles. The van der Waals surface area contributed by atoms with Crippen LogP contribution >= 0.6 is 0 Å². The molecule has 17 atom stereocenters. The average Bonchev–Trinajstić information content (AvgIpc) is 0.651. The Balaban J connectivity index is 0.000000203. The second-order valence-electron chi connectivity index (χ2n) is 29.4. The van der Waals surface area contributed by atoms with Crippen LogP contribution in [-0.4, -0.2) is 216 Å². The third-order valence-electron chi connectivity index (χ3n) is 19.9. The standard InChI is InChI=1S/5C19H29NO3/c5*1-12(2)7-14-11-20-6-5-13-8-18(22-3)19(23-4)9-15(13)16(20)10-17(14)21/h5*8-9,12,14,16-17,21H,5-7,10-11H2,1-4H3/i4D3,5D2,6D2,10D2,11D2,14D,17D;1D3,4D3,5D2,6D2,7D2,11D2,12D;5D2,6D2,10D2,11D2,14D,17D;1D3,5D2,6D2,7D2,11D2,12D;4D3,5D2,6D2,11D2. The first-order valence-electron chi connectivity index (χ1n) is 66.8. The van der Waals surface area contributed by atoms with Crippen LogP contribution < -0.4 is 47.4 Å². The smallest absolute Gasteiger partial charge is 0.161 e. The van der Waals surface area contributed by atoms with Crippen LogP contribution in [0.4, 0.5) is 0 Å². The van der Waals surface area contributed by atoms with Gasteiger partial charge in [0.25, 0.3) is 0 Å². The number of aliphatic hydroxyl groups is 5. The summed E-state index contributed by atoms with van der Waals surface area (Å²) in [5.74, 6) is -19.2. The fourth-order valence-electron chi connectivity index (χ4n) is 14.5. The number of nitrogens with zero attached hydrogens (tertiary/aromatic N) is 5. The molecule has 0 radical (unpaired) electrons. The van der Waals surface area contributed by atoms with Crippen LogP contribution in [0.15, 0.2) is 60.7 Å². The number of ether oxygens (including phenoxy) is 10. The second-order valence-corrected chi connectivity index (χ2v) is 29.4. The van der Waals surface area contributed by atoms with Crippen LogP contribution in [0.2, 0.25) is 0 Å². The maximum Gasteiger partial charge on any atom is 0.161 e. The average molecular weight is 1660 g/mol. The van der Waals surface area contributed by atoms with Crippen molar-refractivity contribution in [3.05, 3.63) is 116 Å². The molecule has 5 aromatic carbocycles. The first-order valence-corrected chi connectivity index (χ1v) is 37.3. The summed E-state index contributed by atoms with van der Waals surface area (Å²) >= 11 is 0. The van der Waals surface area contributed by atoms with Crippen molar-refractivity contribution in [1.29, 1.82) is 0 Å². The Morgan fingerprint density at radius 2 is 0.600 bits per heavy atom. The number of aliphatic hydroxyl groups excluding tert-OH is 3. The highest BCUT2D eigenvalue weighted by molar-refractivity contribution is 5.54. The second kappa shape index (κ2) is 40.6. The molecule has 5 aromatic rings. The van der Waals surface area contributed by atoms with Crippen LogP contribution in [0.3, 0.4) is 0 Å². The van der Waals surface area contributed by atoms with E-state index in [0.29, 0.717) is 21.1 Å². The van der Waals surface area contributed by atoms with Gasteiger partial charge in [0, 0.05) is 161 Å². The molecule has 5 N–H and O–H groups in total. The van der Waals surface area contributed by atoms with E-state index in [2.05, 4.69) is 0 Å².